The summed E-state index contributed by atoms with van der Waals surface area (Å²) >= 11 is 0. The van der Waals surface area contributed by atoms with Crippen LogP contribution < -0.4 is 9.05 Å². The fourth-order valence-corrected chi connectivity index (χ4v) is 7.51. The largest absolute Gasteiger partial charge is 0.587 e. The summed E-state index contributed by atoms with van der Waals surface area (Å²) in [5, 5.41) is 11.8. The molecular formula is C47H39O14P. The molecule has 316 valence electrons. The van der Waals surface area contributed by atoms with Crippen molar-refractivity contribution in [1.29, 1.82) is 0 Å². The molecule has 1 aliphatic heterocycles. The van der Waals surface area contributed by atoms with Crippen LogP contribution in [0.15, 0.2) is 182 Å². The lowest BCUT2D eigenvalue weighted by atomic mass is 9.94. The van der Waals surface area contributed by atoms with E-state index in [-0.39, 0.29) is 33.8 Å². The maximum atomic E-state index is 14.6. The van der Waals surface area contributed by atoms with Crippen molar-refractivity contribution in [3.63, 3.8) is 0 Å². The van der Waals surface area contributed by atoms with Gasteiger partial charge in [-0.25, -0.2) is 23.7 Å². The third kappa shape index (κ3) is 11.2. The second-order valence-corrected chi connectivity index (χ2v) is 15.1. The number of ether oxygens (including phenoxy) is 5. The van der Waals surface area contributed by atoms with Gasteiger partial charge >= 0.3 is 31.7 Å². The van der Waals surface area contributed by atoms with Crippen LogP contribution in [0.4, 0.5) is 0 Å². The molecule has 0 spiro atoms. The highest BCUT2D eigenvalue weighted by atomic mass is 31.2. The maximum absolute atomic E-state index is 14.6. The van der Waals surface area contributed by atoms with E-state index in [9.17, 15) is 28.8 Å². The fourth-order valence-electron chi connectivity index (χ4n) is 6.28. The van der Waals surface area contributed by atoms with Gasteiger partial charge in [-0.2, -0.15) is 0 Å². The Labute approximate surface area is 356 Å². The van der Waals surface area contributed by atoms with Gasteiger partial charge in [-0.05, 0) is 72.8 Å². The van der Waals surface area contributed by atoms with Gasteiger partial charge in [0.15, 0.2) is 30.7 Å². The molecule has 0 amide bonds. The van der Waals surface area contributed by atoms with E-state index in [2.05, 4.69) is 0 Å². The number of carbonyl (C=O) groups is 4. The Kier molecular flexibility index (Phi) is 14.2. The summed E-state index contributed by atoms with van der Waals surface area (Å²) < 4.78 is 62.0. The zero-order valence-electron chi connectivity index (χ0n) is 32.7. The molecule has 14 nitrogen and oxygen atoms in total. The third-order valence-electron chi connectivity index (χ3n) is 9.26. The number of para-hydroxylation sites is 2. The molecule has 1 unspecified atom stereocenters. The van der Waals surface area contributed by atoms with Crippen molar-refractivity contribution in [2.75, 3.05) is 6.61 Å². The van der Waals surface area contributed by atoms with Gasteiger partial charge in [-0.1, -0.05) is 109 Å². The summed E-state index contributed by atoms with van der Waals surface area (Å²) in [4.78, 5) is 55.2. The summed E-state index contributed by atoms with van der Waals surface area (Å²) in [6.45, 7) is -0.861. The second-order valence-electron chi connectivity index (χ2n) is 13.6. The van der Waals surface area contributed by atoms with Gasteiger partial charge in [0.2, 0.25) is 0 Å². The Morgan fingerprint density at radius 1 is 0.484 bits per heavy atom. The highest BCUT2D eigenvalue weighted by molar-refractivity contribution is 7.49. The van der Waals surface area contributed by atoms with E-state index in [0.717, 1.165) is 0 Å². The van der Waals surface area contributed by atoms with Crippen molar-refractivity contribution in [2.45, 2.75) is 36.8 Å². The van der Waals surface area contributed by atoms with E-state index in [0.29, 0.717) is 0 Å². The van der Waals surface area contributed by atoms with Crippen LogP contribution in [0.3, 0.4) is 0 Å². The van der Waals surface area contributed by atoms with Crippen LogP contribution in [-0.4, -0.2) is 72.4 Å². The van der Waals surface area contributed by atoms with E-state index in [4.69, 9.17) is 37.3 Å². The van der Waals surface area contributed by atoms with Crippen molar-refractivity contribution in [3.8, 4) is 11.5 Å². The second kappa shape index (κ2) is 20.4. The number of hydrogen-bond donors (Lipinski definition) is 1. The SMILES string of the molecule is O=C(O[C@H]1[C@H](OC(=O)c2ccccc2)[C@H](OC(=O)c2ccccc2)C(O)O[C@@H]1[C@@H](COP(=O)(Oc1ccccc1)Oc1ccccc1)OC(=O)c1ccccc1)c1ccccc1. The van der Waals surface area contributed by atoms with Crippen LogP contribution in [-0.2, 0) is 32.8 Å². The molecule has 0 aromatic heterocycles. The lowest BCUT2D eigenvalue weighted by molar-refractivity contribution is -0.295. The first kappa shape index (κ1) is 43.0. The first-order valence-electron chi connectivity index (χ1n) is 19.3. The van der Waals surface area contributed by atoms with Gasteiger partial charge in [-0.3, -0.25) is 4.52 Å². The van der Waals surface area contributed by atoms with Crippen LogP contribution in [0.5, 0.6) is 11.5 Å². The zero-order chi connectivity index (χ0) is 43.3. The number of aliphatic hydroxyl groups is 1. The van der Waals surface area contributed by atoms with Gasteiger partial charge in [0.25, 0.3) is 0 Å². The van der Waals surface area contributed by atoms with Gasteiger partial charge in [0.1, 0.15) is 24.2 Å². The Balaban J connectivity index is 1.31. The Morgan fingerprint density at radius 3 is 1.23 bits per heavy atom. The van der Waals surface area contributed by atoms with E-state index in [1.807, 2.05) is 0 Å². The van der Waals surface area contributed by atoms with Crippen LogP contribution in [0.1, 0.15) is 41.4 Å². The lowest BCUT2D eigenvalue weighted by Crippen LogP contribution is -2.65. The molecular weight excluding hydrogens is 819 g/mol. The zero-order valence-corrected chi connectivity index (χ0v) is 33.6. The Hall–Kier alpha value is -7.09. The molecule has 6 aromatic carbocycles. The minimum Gasteiger partial charge on any atom is -0.453 e. The molecule has 1 heterocycles. The summed E-state index contributed by atoms with van der Waals surface area (Å²) in [6, 6.07) is 47.1. The van der Waals surface area contributed by atoms with Crippen molar-refractivity contribution in [3.05, 3.63) is 204 Å². The van der Waals surface area contributed by atoms with E-state index in [1.165, 1.54) is 72.8 Å². The maximum Gasteiger partial charge on any atom is 0.587 e. The number of rotatable bonds is 16. The molecule has 7 rings (SSSR count). The molecule has 0 aliphatic carbocycles. The molecule has 0 saturated carbocycles. The van der Waals surface area contributed by atoms with Crippen LogP contribution in [0.25, 0.3) is 0 Å². The predicted molar refractivity (Wildman–Crippen MR) is 221 cm³/mol. The number of phosphoric acid groups is 1. The lowest BCUT2D eigenvalue weighted by Gasteiger charge is -2.45. The van der Waals surface area contributed by atoms with Gasteiger partial charge in [0, 0.05) is 0 Å². The quantitative estimate of drug-likeness (QED) is 0.0564. The van der Waals surface area contributed by atoms with Gasteiger partial charge in [-0.15, -0.1) is 0 Å². The molecule has 62 heavy (non-hydrogen) atoms. The van der Waals surface area contributed by atoms with Gasteiger partial charge < -0.3 is 37.8 Å². The molecule has 0 radical (unpaired) electrons. The van der Waals surface area contributed by atoms with E-state index < -0.39 is 75.1 Å². The molecule has 1 saturated heterocycles. The number of esters is 4. The monoisotopic (exact) mass is 858 g/mol. The number of aliphatic hydroxyl groups excluding tert-OH is 1. The number of benzene rings is 6. The summed E-state index contributed by atoms with van der Waals surface area (Å²) in [5.74, 6) is -3.62. The number of phosphoric ester groups is 1. The van der Waals surface area contributed by atoms with Gasteiger partial charge in [0.05, 0.1) is 22.3 Å². The topological polar surface area (TPSA) is 179 Å². The van der Waals surface area contributed by atoms with Crippen LogP contribution in [0.2, 0.25) is 0 Å². The van der Waals surface area contributed by atoms with E-state index >= 15 is 0 Å². The first-order chi connectivity index (χ1) is 30.2. The van der Waals surface area contributed by atoms with Crippen LogP contribution in [0, 0.1) is 0 Å². The average molecular weight is 859 g/mol. The standard InChI is InChI=1S/C47H39O14P/c48-43(32-19-7-1-8-20-32)55-38(31-54-62(53,60-36-27-15-5-16-28-36)61-37-29-17-6-18-30-37)39-40(57-44(49)33-21-9-2-10-22-33)41(58-45(50)34-23-11-3-12-24-34)42(47(52)56-39)59-46(51)35-25-13-4-14-26-35/h1-30,38-42,47,52H,31H2/t38-,39-,40-,41+,42+,47?/m1/s1. The number of hydrogen-bond acceptors (Lipinski definition) is 14. The minimum absolute atomic E-state index is 0.0504. The van der Waals surface area contributed by atoms with Crippen molar-refractivity contribution >= 4 is 31.7 Å². The van der Waals surface area contributed by atoms with Crippen molar-refractivity contribution in [1.82, 2.24) is 0 Å². The molecule has 6 aromatic rings. The highest BCUT2D eigenvalue weighted by Gasteiger charge is 2.56. The smallest absolute Gasteiger partial charge is 0.453 e. The fraction of sp³-hybridized carbons (Fsp3) is 0.149. The summed E-state index contributed by atoms with van der Waals surface area (Å²) in [5.41, 5.74) is 0.245. The average Bonchev–Trinajstić information content (AvgIpc) is 3.31. The van der Waals surface area contributed by atoms with Crippen molar-refractivity contribution < 1.29 is 66.1 Å². The van der Waals surface area contributed by atoms with E-state index in [1.54, 1.807) is 109 Å². The highest BCUT2D eigenvalue weighted by Crippen LogP contribution is 2.50. The Morgan fingerprint density at radius 2 is 0.823 bits per heavy atom. The molecule has 1 N–H and O–H groups in total. The predicted octanol–water partition coefficient (Wildman–Crippen LogP) is 7.89. The normalized spacial score (nSPS) is 18.9. The minimum atomic E-state index is -4.71. The molecule has 15 heteroatoms. The molecule has 1 fully saturated rings. The first-order valence-corrected chi connectivity index (χ1v) is 20.7. The van der Waals surface area contributed by atoms with Crippen molar-refractivity contribution in [2.24, 2.45) is 0 Å². The summed E-state index contributed by atoms with van der Waals surface area (Å²) in [6.07, 6.45) is -11.2. The van der Waals surface area contributed by atoms with Crippen LogP contribution >= 0.6 is 7.82 Å². The molecule has 6 atom stereocenters. The number of carbonyl (C=O) groups excluding carboxylic acids is 4. The summed E-state index contributed by atoms with van der Waals surface area (Å²) in [7, 11) is -4.71. The molecule has 0 bridgehead atoms. The Bertz CT molecular complexity index is 2400. The third-order valence-corrected chi connectivity index (χ3v) is 10.6. The molecule has 1 aliphatic rings.